The van der Waals surface area contributed by atoms with Gasteiger partial charge in [-0.05, 0) is 37.5 Å². The summed E-state index contributed by atoms with van der Waals surface area (Å²) in [5.41, 5.74) is 1.87. The number of nitrogens with one attached hydrogen (secondary N) is 1. The Morgan fingerprint density at radius 2 is 2.00 bits per heavy atom. The monoisotopic (exact) mass is 356 g/mol. The van der Waals surface area contributed by atoms with Gasteiger partial charge in [0.2, 0.25) is 5.91 Å². The lowest BCUT2D eigenvalue weighted by Gasteiger charge is -2.31. The largest absolute Gasteiger partial charge is 0.352 e. The number of benzene rings is 1. The van der Waals surface area contributed by atoms with Gasteiger partial charge in [0.25, 0.3) is 5.91 Å². The first-order chi connectivity index (χ1) is 12.5. The standard InChI is InChI=1S/C19H21FN4O2/c1-13-9-22-17(11-21-13)19(26)24-8-2-3-15(12-24)18(25)23-10-14-4-6-16(20)7-5-14/h4-7,9,11,15H,2-3,8,10,12H2,1H3,(H,23,25)/t15-/m0/s1. The second-order valence-corrected chi connectivity index (χ2v) is 6.48. The zero-order valence-electron chi connectivity index (χ0n) is 14.6. The van der Waals surface area contributed by atoms with Crippen molar-refractivity contribution in [2.45, 2.75) is 26.3 Å². The number of likely N-dealkylation sites (tertiary alicyclic amines) is 1. The molecular weight excluding hydrogens is 335 g/mol. The molecule has 0 aliphatic carbocycles. The van der Waals surface area contributed by atoms with E-state index in [9.17, 15) is 14.0 Å². The van der Waals surface area contributed by atoms with Gasteiger partial charge < -0.3 is 10.2 Å². The SMILES string of the molecule is Cc1cnc(C(=O)N2CCC[C@H](C(=O)NCc3ccc(F)cc3)C2)cn1. The van der Waals surface area contributed by atoms with E-state index in [4.69, 9.17) is 0 Å². The summed E-state index contributed by atoms with van der Waals surface area (Å²) in [5.74, 6) is -0.859. The van der Waals surface area contributed by atoms with Crippen LogP contribution in [0.2, 0.25) is 0 Å². The first kappa shape index (κ1) is 18.0. The van der Waals surface area contributed by atoms with Gasteiger partial charge in [0.1, 0.15) is 11.5 Å². The Bertz CT molecular complexity index is 777. The van der Waals surface area contributed by atoms with Crippen LogP contribution >= 0.6 is 0 Å². The molecule has 1 aromatic carbocycles. The molecule has 1 saturated heterocycles. The molecule has 0 saturated carbocycles. The molecule has 0 spiro atoms. The lowest BCUT2D eigenvalue weighted by Crippen LogP contribution is -2.45. The van der Waals surface area contributed by atoms with Crippen molar-refractivity contribution in [2.75, 3.05) is 13.1 Å². The van der Waals surface area contributed by atoms with E-state index < -0.39 is 0 Å². The highest BCUT2D eigenvalue weighted by molar-refractivity contribution is 5.92. The maximum absolute atomic E-state index is 12.9. The van der Waals surface area contributed by atoms with E-state index in [1.165, 1.54) is 18.3 Å². The zero-order valence-corrected chi connectivity index (χ0v) is 14.6. The molecule has 136 valence electrons. The predicted molar refractivity (Wildman–Crippen MR) is 93.6 cm³/mol. The number of halogens is 1. The number of piperidine rings is 1. The van der Waals surface area contributed by atoms with E-state index in [0.717, 1.165) is 24.1 Å². The number of carbonyl (C=O) groups is 2. The summed E-state index contributed by atoms with van der Waals surface area (Å²) in [4.78, 5) is 34.9. The number of amides is 2. The smallest absolute Gasteiger partial charge is 0.274 e. The van der Waals surface area contributed by atoms with Gasteiger partial charge >= 0.3 is 0 Å². The minimum Gasteiger partial charge on any atom is -0.352 e. The molecule has 6 nitrogen and oxygen atoms in total. The van der Waals surface area contributed by atoms with Crippen LogP contribution in [0.5, 0.6) is 0 Å². The number of aromatic nitrogens is 2. The molecule has 0 unspecified atom stereocenters. The zero-order chi connectivity index (χ0) is 18.5. The fourth-order valence-corrected chi connectivity index (χ4v) is 2.98. The van der Waals surface area contributed by atoms with Crippen molar-refractivity contribution in [3.63, 3.8) is 0 Å². The van der Waals surface area contributed by atoms with Crippen molar-refractivity contribution in [1.82, 2.24) is 20.2 Å². The van der Waals surface area contributed by atoms with E-state index in [1.807, 2.05) is 6.92 Å². The predicted octanol–water partition coefficient (Wildman–Crippen LogP) is 2.09. The van der Waals surface area contributed by atoms with Crippen LogP contribution in [0.4, 0.5) is 4.39 Å². The lowest BCUT2D eigenvalue weighted by atomic mass is 9.96. The molecule has 0 radical (unpaired) electrons. The second kappa shape index (κ2) is 8.03. The Morgan fingerprint density at radius 1 is 1.23 bits per heavy atom. The van der Waals surface area contributed by atoms with Gasteiger partial charge in [0.05, 0.1) is 17.8 Å². The summed E-state index contributed by atoms with van der Waals surface area (Å²) in [7, 11) is 0. The number of hydrogen-bond acceptors (Lipinski definition) is 4. The summed E-state index contributed by atoms with van der Waals surface area (Å²) >= 11 is 0. The maximum atomic E-state index is 12.9. The highest BCUT2D eigenvalue weighted by atomic mass is 19.1. The van der Waals surface area contributed by atoms with Crippen LogP contribution in [-0.4, -0.2) is 39.8 Å². The molecule has 1 aliphatic heterocycles. The van der Waals surface area contributed by atoms with E-state index in [1.54, 1.807) is 23.2 Å². The van der Waals surface area contributed by atoms with Crippen LogP contribution in [0.3, 0.4) is 0 Å². The minimum atomic E-state index is -0.305. The first-order valence-electron chi connectivity index (χ1n) is 8.63. The van der Waals surface area contributed by atoms with Crippen LogP contribution in [0.1, 0.15) is 34.6 Å². The van der Waals surface area contributed by atoms with Crippen molar-refractivity contribution in [3.8, 4) is 0 Å². The number of rotatable bonds is 4. The summed E-state index contributed by atoms with van der Waals surface area (Å²) in [6.45, 7) is 3.12. The average Bonchev–Trinajstić information content (AvgIpc) is 2.67. The molecule has 2 amide bonds. The van der Waals surface area contributed by atoms with Gasteiger partial charge in [0, 0.05) is 25.8 Å². The van der Waals surface area contributed by atoms with Gasteiger partial charge in [-0.15, -0.1) is 0 Å². The van der Waals surface area contributed by atoms with Gasteiger partial charge in [-0.3, -0.25) is 14.6 Å². The molecule has 1 N–H and O–H groups in total. The molecular formula is C19H21FN4O2. The van der Waals surface area contributed by atoms with E-state index in [0.29, 0.717) is 25.3 Å². The number of hydrogen-bond donors (Lipinski definition) is 1. The molecule has 1 fully saturated rings. The Kier molecular flexibility index (Phi) is 5.55. The van der Waals surface area contributed by atoms with Crippen LogP contribution in [0, 0.1) is 18.7 Å². The van der Waals surface area contributed by atoms with Gasteiger partial charge in [-0.1, -0.05) is 12.1 Å². The number of aryl methyl sites for hydroxylation is 1. The van der Waals surface area contributed by atoms with Crippen molar-refractivity contribution in [3.05, 3.63) is 59.4 Å². The topological polar surface area (TPSA) is 75.2 Å². The summed E-state index contributed by atoms with van der Waals surface area (Å²) in [6, 6.07) is 6.01. The maximum Gasteiger partial charge on any atom is 0.274 e. The van der Waals surface area contributed by atoms with Gasteiger partial charge in [-0.25, -0.2) is 9.37 Å². The van der Waals surface area contributed by atoms with Crippen molar-refractivity contribution in [2.24, 2.45) is 5.92 Å². The first-order valence-corrected chi connectivity index (χ1v) is 8.63. The van der Waals surface area contributed by atoms with Crippen molar-refractivity contribution < 1.29 is 14.0 Å². The minimum absolute atomic E-state index is 0.0955. The summed E-state index contributed by atoms with van der Waals surface area (Å²) in [5, 5.41) is 2.87. The molecule has 0 bridgehead atoms. The molecule has 7 heteroatoms. The highest BCUT2D eigenvalue weighted by Crippen LogP contribution is 2.18. The third-order valence-corrected chi connectivity index (χ3v) is 4.46. The molecule has 2 aromatic rings. The van der Waals surface area contributed by atoms with Gasteiger partial charge in [0.15, 0.2) is 0 Å². The van der Waals surface area contributed by atoms with Crippen LogP contribution in [0.15, 0.2) is 36.7 Å². The van der Waals surface area contributed by atoms with Crippen LogP contribution in [0.25, 0.3) is 0 Å². The summed E-state index contributed by atoms with van der Waals surface area (Å²) < 4.78 is 12.9. The molecule has 1 aliphatic rings. The molecule has 1 atom stereocenters. The average molecular weight is 356 g/mol. The Labute approximate surface area is 151 Å². The number of carbonyl (C=O) groups excluding carboxylic acids is 2. The Hall–Kier alpha value is -2.83. The van der Waals surface area contributed by atoms with Crippen LogP contribution in [-0.2, 0) is 11.3 Å². The van der Waals surface area contributed by atoms with Crippen molar-refractivity contribution in [1.29, 1.82) is 0 Å². The van der Waals surface area contributed by atoms with E-state index >= 15 is 0 Å². The van der Waals surface area contributed by atoms with Crippen molar-refractivity contribution >= 4 is 11.8 Å². The normalized spacial score (nSPS) is 17.0. The van der Waals surface area contributed by atoms with Crippen LogP contribution < -0.4 is 5.32 Å². The number of nitrogens with zero attached hydrogens (tertiary/aromatic N) is 3. The molecule has 26 heavy (non-hydrogen) atoms. The highest BCUT2D eigenvalue weighted by Gasteiger charge is 2.29. The molecule has 2 heterocycles. The Morgan fingerprint density at radius 3 is 2.69 bits per heavy atom. The fraction of sp³-hybridized carbons (Fsp3) is 0.368. The fourth-order valence-electron chi connectivity index (χ4n) is 2.98. The molecule has 3 rings (SSSR count). The summed E-state index contributed by atoms with van der Waals surface area (Å²) in [6.07, 6.45) is 4.53. The van der Waals surface area contributed by atoms with E-state index in [-0.39, 0.29) is 23.5 Å². The van der Waals surface area contributed by atoms with E-state index in [2.05, 4.69) is 15.3 Å². The second-order valence-electron chi connectivity index (χ2n) is 6.48. The van der Waals surface area contributed by atoms with Gasteiger partial charge in [-0.2, -0.15) is 0 Å². The third-order valence-electron chi connectivity index (χ3n) is 4.46. The third kappa shape index (κ3) is 4.41. The lowest BCUT2D eigenvalue weighted by molar-refractivity contribution is -0.126. The molecule has 1 aromatic heterocycles. The Balaban J connectivity index is 1.57. The quantitative estimate of drug-likeness (QED) is 0.910.